The zero-order chi connectivity index (χ0) is 29.0. The number of amides is 1. The van der Waals surface area contributed by atoms with Gasteiger partial charge in [-0.25, -0.2) is 22.5 Å². The molecule has 3 aromatic rings. The largest absolute Gasteiger partial charge is 0.493 e. The molecule has 10 nitrogen and oxygen atoms in total. The molecule has 0 spiro atoms. The van der Waals surface area contributed by atoms with Gasteiger partial charge in [-0.3, -0.25) is 4.79 Å². The summed E-state index contributed by atoms with van der Waals surface area (Å²) in [5, 5.41) is 3.42. The van der Waals surface area contributed by atoms with Gasteiger partial charge in [0.25, 0.3) is 15.9 Å². The van der Waals surface area contributed by atoms with E-state index in [1.165, 1.54) is 42.5 Å². The lowest BCUT2D eigenvalue weighted by Gasteiger charge is -2.29. The molecule has 0 radical (unpaired) electrons. The van der Waals surface area contributed by atoms with E-state index in [1.54, 1.807) is 12.1 Å². The van der Waals surface area contributed by atoms with E-state index in [9.17, 15) is 17.6 Å². The molecule has 1 aliphatic heterocycles. The van der Waals surface area contributed by atoms with Crippen molar-refractivity contribution in [1.29, 1.82) is 0 Å². The van der Waals surface area contributed by atoms with E-state index in [0.717, 1.165) is 12.8 Å². The maximum atomic E-state index is 14.5. The fourth-order valence-corrected chi connectivity index (χ4v) is 5.81. The molecule has 0 bridgehead atoms. The van der Waals surface area contributed by atoms with Crippen LogP contribution in [0.15, 0.2) is 64.6 Å². The minimum atomic E-state index is -4.39. The van der Waals surface area contributed by atoms with Gasteiger partial charge in [0, 0.05) is 28.6 Å². The first kappa shape index (κ1) is 28.8. The van der Waals surface area contributed by atoms with Crippen LogP contribution in [-0.4, -0.2) is 38.0 Å². The molecule has 210 valence electrons. The third kappa shape index (κ3) is 6.35. The van der Waals surface area contributed by atoms with Gasteiger partial charge in [-0.1, -0.05) is 37.2 Å². The van der Waals surface area contributed by atoms with E-state index in [-0.39, 0.29) is 34.1 Å². The molecule has 2 aromatic carbocycles. The average Bonchev–Trinajstić information content (AvgIpc) is 3.24. The van der Waals surface area contributed by atoms with E-state index in [0.29, 0.717) is 29.4 Å². The minimum Gasteiger partial charge on any atom is -0.493 e. The Balaban J connectivity index is 1.76. The van der Waals surface area contributed by atoms with E-state index in [1.807, 2.05) is 32.6 Å². The molecule has 1 aromatic heterocycles. The van der Waals surface area contributed by atoms with Crippen molar-refractivity contribution in [3.05, 3.63) is 76.4 Å². The van der Waals surface area contributed by atoms with E-state index in [2.05, 4.69) is 14.7 Å². The van der Waals surface area contributed by atoms with Crippen molar-refractivity contribution >= 4 is 27.4 Å². The number of carbonyl (C=O) groups is 1. The van der Waals surface area contributed by atoms with Crippen LogP contribution in [0.25, 0.3) is 21.7 Å². The first-order valence-corrected chi connectivity index (χ1v) is 14.4. The summed E-state index contributed by atoms with van der Waals surface area (Å²) in [4.78, 5) is 22.5. The highest BCUT2D eigenvalue weighted by Gasteiger charge is 2.33. The van der Waals surface area contributed by atoms with Crippen LogP contribution in [0.3, 0.4) is 0 Å². The summed E-state index contributed by atoms with van der Waals surface area (Å²) in [5.74, 6) is -0.478. The molecule has 1 saturated heterocycles. The molecule has 2 heterocycles. The summed E-state index contributed by atoms with van der Waals surface area (Å²) in [6.07, 6.45) is 1.72. The Kier molecular flexibility index (Phi) is 8.61. The number of hydrogen-bond donors (Lipinski definition) is 1. The SMILES string of the molecule is CC(C)COc1cc(F)cc(-c2ccc(C(=O)NS(=O)(=O)c3ccccc3N=[N+]=[N-])c(N3[C@H](C)CC[C@@H]3C)n2)c1. The molecule has 4 rings (SSSR count). The van der Waals surface area contributed by atoms with Gasteiger partial charge >= 0.3 is 0 Å². The van der Waals surface area contributed by atoms with E-state index >= 15 is 0 Å². The Hall–Kier alpha value is -4.15. The predicted octanol–water partition coefficient (Wildman–Crippen LogP) is 6.36. The average molecular weight is 567 g/mol. The normalized spacial score (nSPS) is 17.0. The number of carbonyl (C=O) groups excluding carboxylic acids is 1. The number of anilines is 1. The summed E-state index contributed by atoms with van der Waals surface area (Å²) in [6, 6.07) is 13.0. The van der Waals surface area contributed by atoms with Crippen molar-refractivity contribution < 1.29 is 22.3 Å². The molecule has 1 aliphatic rings. The van der Waals surface area contributed by atoms with Crippen LogP contribution < -0.4 is 14.4 Å². The number of aromatic nitrogens is 1. The maximum absolute atomic E-state index is 14.5. The monoisotopic (exact) mass is 566 g/mol. The topological polar surface area (TPSA) is 137 Å². The van der Waals surface area contributed by atoms with Crippen molar-refractivity contribution in [1.82, 2.24) is 9.71 Å². The molecule has 0 saturated carbocycles. The van der Waals surface area contributed by atoms with Crippen molar-refractivity contribution in [3.63, 3.8) is 0 Å². The Labute approximate surface area is 232 Å². The number of sulfonamides is 1. The lowest BCUT2D eigenvalue weighted by atomic mass is 10.1. The first-order chi connectivity index (χ1) is 19.0. The molecule has 1 fully saturated rings. The van der Waals surface area contributed by atoms with Crippen molar-refractivity contribution in [2.24, 2.45) is 11.0 Å². The van der Waals surface area contributed by atoms with Crippen LogP contribution >= 0.6 is 0 Å². The highest BCUT2D eigenvalue weighted by molar-refractivity contribution is 7.90. The summed E-state index contributed by atoms with van der Waals surface area (Å²) in [7, 11) is -4.39. The molecule has 12 heteroatoms. The first-order valence-electron chi connectivity index (χ1n) is 12.9. The van der Waals surface area contributed by atoms with E-state index in [4.69, 9.17) is 15.3 Å². The van der Waals surface area contributed by atoms with Gasteiger partial charge in [-0.05, 0) is 68.5 Å². The predicted molar refractivity (Wildman–Crippen MR) is 151 cm³/mol. The Morgan fingerprint density at radius 2 is 1.88 bits per heavy atom. The van der Waals surface area contributed by atoms with Crippen LogP contribution in [0.1, 0.15) is 50.9 Å². The molecular weight excluding hydrogens is 535 g/mol. The number of halogens is 1. The fraction of sp³-hybridized carbons (Fsp3) is 0.357. The zero-order valence-corrected chi connectivity index (χ0v) is 23.5. The fourth-order valence-electron chi connectivity index (χ4n) is 4.70. The summed E-state index contributed by atoms with van der Waals surface area (Å²) in [6.45, 7) is 8.41. The van der Waals surface area contributed by atoms with Gasteiger partial charge in [0.05, 0.1) is 28.4 Å². The van der Waals surface area contributed by atoms with E-state index < -0.39 is 21.7 Å². The molecule has 2 atom stereocenters. The van der Waals surface area contributed by atoms with Crippen LogP contribution in [0.5, 0.6) is 5.75 Å². The highest BCUT2D eigenvalue weighted by atomic mass is 32.2. The molecule has 1 N–H and O–H groups in total. The van der Waals surface area contributed by atoms with Crippen LogP contribution in [0.2, 0.25) is 0 Å². The number of pyridine rings is 1. The highest BCUT2D eigenvalue weighted by Crippen LogP contribution is 2.34. The number of nitrogens with one attached hydrogen (secondary N) is 1. The summed E-state index contributed by atoms with van der Waals surface area (Å²) < 4.78 is 48.6. The standard InChI is InChI=1S/C28H31FN6O4S/c1-17(2)16-39-22-14-20(13-21(29)15-22)24-12-11-23(27(31-24)35-18(3)9-10-19(35)4)28(36)33-40(37,38)26-8-6-5-7-25(26)32-34-30/h5-8,11-15,17-19H,9-10,16H2,1-4H3,(H,33,36)/t18-,19+. The van der Waals surface area contributed by atoms with Crippen LogP contribution in [0.4, 0.5) is 15.9 Å². The summed E-state index contributed by atoms with van der Waals surface area (Å²) in [5.41, 5.74) is 9.59. The molecule has 0 aliphatic carbocycles. The van der Waals surface area contributed by atoms with Gasteiger partial charge in [0.1, 0.15) is 17.4 Å². The number of ether oxygens (including phenoxy) is 1. The van der Waals surface area contributed by atoms with Gasteiger partial charge in [0.15, 0.2) is 0 Å². The van der Waals surface area contributed by atoms with Crippen molar-refractivity contribution in [2.75, 3.05) is 11.5 Å². The lowest BCUT2D eigenvalue weighted by Crippen LogP contribution is -2.37. The van der Waals surface area contributed by atoms with Gasteiger partial charge in [0.2, 0.25) is 0 Å². The van der Waals surface area contributed by atoms with Gasteiger partial charge in [-0.15, -0.1) is 0 Å². The molecule has 0 unspecified atom stereocenters. The number of nitrogens with zero attached hydrogens (tertiary/aromatic N) is 5. The summed E-state index contributed by atoms with van der Waals surface area (Å²) >= 11 is 0. The Bertz CT molecular complexity index is 1560. The van der Waals surface area contributed by atoms with Gasteiger partial charge in [-0.2, -0.15) is 0 Å². The van der Waals surface area contributed by atoms with Crippen molar-refractivity contribution in [3.8, 4) is 17.0 Å². The maximum Gasteiger partial charge on any atom is 0.268 e. The third-order valence-corrected chi connectivity index (χ3v) is 7.98. The second kappa shape index (κ2) is 11.9. The quantitative estimate of drug-likeness (QED) is 0.182. The lowest BCUT2D eigenvalue weighted by molar-refractivity contribution is 0.0981. The molecule has 40 heavy (non-hydrogen) atoms. The third-order valence-electron chi connectivity index (χ3n) is 6.60. The Morgan fingerprint density at radius 3 is 2.55 bits per heavy atom. The van der Waals surface area contributed by atoms with Crippen LogP contribution in [-0.2, 0) is 10.0 Å². The Morgan fingerprint density at radius 1 is 1.18 bits per heavy atom. The number of hydrogen-bond acceptors (Lipinski definition) is 7. The van der Waals surface area contributed by atoms with Crippen molar-refractivity contribution in [2.45, 2.75) is 57.5 Å². The molecular formula is C28H31FN6O4S. The number of azide groups is 1. The van der Waals surface area contributed by atoms with Crippen LogP contribution in [0, 0.1) is 11.7 Å². The minimum absolute atomic E-state index is 0.0315. The second-order valence-corrected chi connectivity index (χ2v) is 11.9. The van der Waals surface area contributed by atoms with Gasteiger partial charge < -0.3 is 9.64 Å². The zero-order valence-electron chi connectivity index (χ0n) is 22.7. The molecule has 1 amide bonds. The number of benzene rings is 2. The second-order valence-electron chi connectivity index (χ2n) is 10.2. The smallest absolute Gasteiger partial charge is 0.268 e. The number of rotatable bonds is 9.